The number of benzene rings is 1. The van der Waals surface area contributed by atoms with Crippen molar-refractivity contribution in [3.05, 3.63) is 41.5 Å². The Bertz CT molecular complexity index is 781. The van der Waals surface area contributed by atoms with Crippen molar-refractivity contribution < 1.29 is 14.1 Å². The number of ether oxygens (including phenoxy) is 1. The highest BCUT2D eigenvalue weighted by atomic mass is 35.5. The first-order valence-corrected chi connectivity index (χ1v) is 9.84. The van der Waals surface area contributed by atoms with Gasteiger partial charge in [-0.15, -0.1) is 24.8 Å². The number of aromatic nitrogens is 2. The highest BCUT2D eigenvalue weighted by Crippen LogP contribution is 2.16. The average Bonchev–Trinajstić information content (AvgIpc) is 3.16. The van der Waals surface area contributed by atoms with Crippen molar-refractivity contribution >= 4 is 36.4 Å². The van der Waals surface area contributed by atoms with E-state index in [0.717, 1.165) is 24.3 Å². The van der Waals surface area contributed by atoms with E-state index < -0.39 is 0 Å². The van der Waals surface area contributed by atoms with E-state index in [9.17, 15) is 4.79 Å². The third-order valence-electron chi connectivity index (χ3n) is 5.01. The lowest BCUT2D eigenvalue weighted by molar-refractivity contribution is -0.133. The Morgan fingerprint density at radius 2 is 1.93 bits per heavy atom. The van der Waals surface area contributed by atoms with Crippen LogP contribution in [0.3, 0.4) is 0 Å². The Balaban J connectivity index is 0.00000225. The van der Waals surface area contributed by atoms with Gasteiger partial charge in [0, 0.05) is 44.9 Å². The van der Waals surface area contributed by atoms with Crippen LogP contribution in [0.2, 0.25) is 0 Å². The highest BCUT2D eigenvalue weighted by molar-refractivity contribution is 5.85. The zero-order chi connectivity index (χ0) is 19.9. The molecule has 10 heteroatoms. The normalized spacial score (nSPS) is 15.2. The summed E-state index contributed by atoms with van der Waals surface area (Å²) < 4.78 is 10.8. The van der Waals surface area contributed by atoms with Gasteiger partial charge in [-0.05, 0) is 31.9 Å². The first-order valence-electron chi connectivity index (χ1n) is 9.84. The molecule has 0 bridgehead atoms. The minimum absolute atomic E-state index is 0. The predicted octanol–water partition coefficient (Wildman–Crippen LogP) is 2.87. The van der Waals surface area contributed by atoms with Gasteiger partial charge in [-0.2, -0.15) is 4.98 Å². The fourth-order valence-electron chi connectivity index (χ4n) is 3.33. The summed E-state index contributed by atoms with van der Waals surface area (Å²) in [5, 5.41) is 3.99. The molecule has 1 saturated heterocycles. The summed E-state index contributed by atoms with van der Waals surface area (Å²) >= 11 is 0. The number of para-hydroxylation sites is 1. The topological polar surface area (TPSA) is 97.7 Å². The first-order chi connectivity index (χ1) is 13.6. The maximum absolute atomic E-state index is 12.5. The van der Waals surface area contributed by atoms with E-state index in [2.05, 4.69) is 15.0 Å². The van der Waals surface area contributed by atoms with Gasteiger partial charge in [0.1, 0.15) is 6.10 Å². The lowest BCUT2D eigenvalue weighted by Crippen LogP contribution is -2.48. The van der Waals surface area contributed by atoms with Crippen molar-refractivity contribution in [2.45, 2.75) is 39.3 Å². The van der Waals surface area contributed by atoms with Crippen LogP contribution in [0, 0.1) is 0 Å². The van der Waals surface area contributed by atoms with Crippen molar-refractivity contribution in [2.75, 3.05) is 38.5 Å². The van der Waals surface area contributed by atoms with Crippen LogP contribution in [0.5, 0.6) is 0 Å². The monoisotopic (exact) mass is 459 g/mol. The lowest BCUT2D eigenvalue weighted by atomic mass is 10.1. The fraction of sp³-hybridized carbons (Fsp3) is 0.550. The van der Waals surface area contributed by atoms with E-state index in [4.69, 9.17) is 15.0 Å². The van der Waals surface area contributed by atoms with Crippen molar-refractivity contribution in [1.82, 2.24) is 19.9 Å². The van der Waals surface area contributed by atoms with E-state index in [1.807, 2.05) is 43.0 Å². The average molecular weight is 460 g/mol. The third-order valence-corrected chi connectivity index (χ3v) is 5.01. The van der Waals surface area contributed by atoms with Gasteiger partial charge in [0.15, 0.2) is 5.82 Å². The second-order valence-corrected chi connectivity index (χ2v) is 7.00. The third kappa shape index (κ3) is 7.12. The summed E-state index contributed by atoms with van der Waals surface area (Å²) in [5.74, 6) is 1.33. The second-order valence-electron chi connectivity index (χ2n) is 7.00. The molecular weight excluding hydrogens is 429 g/mol. The summed E-state index contributed by atoms with van der Waals surface area (Å²) in [4.78, 5) is 21.1. The molecule has 3 rings (SSSR count). The van der Waals surface area contributed by atoms with Crippen LogP contribution >= 0.6 is 24.8 Å². The molecule has 2 aromatic rings. The molecule has 1 aliphatic rings. The molecule has 1 aliphatic heterocycles. The molecule has 1 aromatic carbocycles. The summed E-state index contributed by atoms with van der Waals surface area (Å²) in [5.41, 5.74) is 7.73. The molecule has 0 spiro atoms. The van der Waals surface area contributed by atoms with Crippen LogP contribution in [-0.2, 0) is 22.5 Å². The van der Waals surface area contributed by atoms with Crippen molar-refractivity contribution in [2.24, 2.45) is 0 Å². The van der Waals surface area contributed by atoms with Crippen molar-refractivity contribution in [3.63, 3.8) is 0 Å². The van der Waals surface area contributed by atoms with E-state index >= 15 is 0 Å². The standard InChI is InChI=1S/C20H29N5O3.2ClH/c1-3-27-15(2)20-22-18(28-23-20)14-24-10-12-25(13-11-24)19(26)9-8-16-6-4-5-7-17(16)21;;/h4-7,15H,3,8-14,21H2,1-2H3;2*1H. The molecule has 0 aliphatic carbocycles. The minimum atomic E-state index is -0.171. The molecule has 8 nitrogen and oxygen atoms in total. The number of nitrogen functional groups attached to an aromatic ring is 1. The predicted molar refractivity (Wildman–Crippen MR) is 120 cm³/mol. The molecule has 30 heavy (non-hydrogen) atoms. The Morgan fingerprint density at radius 1 is 1.23 bits per heavy atom. The number of aryl methyl sites for hydroxylation is 1. The summed E-state index contributed by atoms with van der Waals surface area (Å²) in [6.45, 7) is 8.04. The largest absolute Gasteiger partial charge is 0.399 e. The van der Waals surface area contributed by atoms with Crippen molar-refractivity contribution in [1.29, 1.82) is 0 Å². The van der Waals surface area contributed by atoms with Crippen molar-refractivity contribution in [3.8, 4) is 0 Å². The molecule has 1 amide bonds. The zero-order valence-corrected chi connectivity index (χ0v) is 19.1. The summed E-state index contributed by atoms with van der Waals surface area (Å²) in [6, 6.07) is 7.71. The van der Waals surface area contributed by atoms with E-state index in [1.54, 1.807) is 0 Å². The highest BCUT2D eigenvalue weighted by Gasteiger charge is 2.23. The molecule has 2 N–H and O–H groups in total. The molecule has 2 heterocycles. The quantitative estimate of drug-likeness (QED) is 0.605. The minimum Gasteiger partial charge on any atom is -0.399 e. The number of carbonyl (C=O) groups is 1. The van der Waals surface area contributed by atoms with Gasteiger partial charge >= 0.3 is 0 Å². The van der Waals surface area contributed by atoms with E-state index in [-0.39, 0.29) is 36.8 Å². The van der Waals surface area contributed by atoms with Crippen LogP contribution < -0.4 is 5.73 Å². The van der Waals surface area contributed by atoms with Crippen LogP contribution in [0.4, 0.5) is 5.69 Å². The van der Waals surface area contributed by atoms with Crippen LogP contribution in [0.15, 0.2) is 28.8 Å². The second kappa shape index (κ2) is 12.7. The number of hydrogen-bond donors (Lipinski definition) is 1. The van der Waals surface area contributed by atoms with Crippen LogP contribution in [-0.4, -0.2) is 58.6 Å². The van der Waals surface area contributed by atoms with Gasteiger partial charge in [-0.1, -0.05) is 23.4 Å². The Labute approximate surface area is 189 Å². The van der Waals surface area contributed by atoms with Gasteiger partial charge in [-0.3, -0.25) is 9.69 Å². The van der Waals surface area contributed by atoms with E-state index in [0.29, 0.717) is 50.8 Å². The number of nitrogens with two attached hydrogens (primary N) is 1. The van der Waals surface area contributed by atoms with Gasteiger partial charge in [0.05, 0.1) is 6.54 Å². The molecule has 1 fully saturated rings. The number of halogens is 2. The molecule has 0 radical (unpaired) electrons. The SMILES string of the molecule is CCOC(C)c1noc(CN2CCN(C(=O)CCc3ccccc3N)CC2)n1.Cl.Cl. The number of amides is 1. The molecular formula is C20H31Cl2N5O3. The Hall–Kier alpha value is -1.87. The lowest BCUT2D eigenvalue weighted by Gasteiger charge is -2.34. The number of hydrogen-bond acceptors (Lipinski definition) is 7. The van der Waals surface area contributed by atoms with E-state index in [1.165, 1.54) is 0 Å². The molecule has 1 unspecified atom stereocenters. The van der Waals surface area contributed by atoms with Crippen LogP contribution in [0.25, 0.3) is 0 Å². The zero-order valence-electron chi connectivity index (χ0n) is 17.5. The summed E-state index contributed by atoms with van der Waals surface area (Å²) in [7, 11) is 0. The molecule has 1 aromatic heterocycles. The van der Waals surface area contributed by atoms with Gasteiger partial charge < -0.3 is 19.9 Å². The Morgan fingerprint density at radius 3 is 2.60 bits per heavy atom. The molecule has 1 atom stereocenters. The fourth-order valence-corrected chi connectivity index (χ4v) is 3.33. The van der Waals surface area contributed by atoms with Gasteiger partial charge in [-0.25, -0.2) is 0 Å². The number of piperazine rings is 1. The van der Waals surface area contributed by atoms with Gasteiger partial charge in [0.2, 0.25) is 11.8 Å². The number of anilines is 1. The number of nitrogens with zero attached hydrogens (tertiary/aromatic N) is 4. The smallest absolute Gasteiger partial charge is 0.240 e. The Kier molecular flexibility index (Phi) is 11.1. The number of rotatable bonds is 8. The number of carbonyl (C=O) groups excluding carboxylic acids is 1. The molecule has 168 valence electrons. The first kappa shape index (κ1) is 26.2. The summed E-state index contributed by atoms with van der Waals surface area (Å²) in [6.07, 6.45) is 0.987. The van der Waals surface area contributed by atoms with Gasteiger partial charge in [0.25, 0.3) is 0 Å². The van der Waals surface area contributed by atoms with Crippen LogP contribution in [0.1, 0.15) is 43.7 Å². The maximum Gasteiger partial charge on any atom is 0.240 e. The molecule has 0 saturated carbocycles. The maximum atomic E-state index is 12.5.